The summed E-state index contributed by atoms with van der Waals surface area (Å²) in [7, 11) is -0.747. The SMILES string of the molecule is Cc1ccc(C2=NN(C(=O)Cn3nc(C)c(S(=O)(=O)N(C)C)c3C)[C@H](c3ccco3)C2)cc1. The Labute approximate surface area is 193 Å². The Kier molecular flexibility index (Phi) is 5.98. The van der Waals surface area contributed by atoms with E-state index in [1.54, 1.807) is 26.2 Å². The van der Waals surface area contributed by atoms with E-state index in [9.17, 15) is 13.2 Å². The van der Waals surface area contributed by atoms with Gasteiger partial charge in [0.05, 0.1) is 23.4 Å². The number of aromatic nitrogens is 2. The van der Waals surface area contributed by atoms with Crippen molar-refractivity contribution in [1.29, 1.82) is 0 Å². The van der Waals surface area contributed by atoms with Gasteiger partial charge in [-0.3, -0.25) is 9.48 Å². The van der Waals surface area contributed by atoms with Crippen LogP contribution in [0.1, 0.15) is 40.7 Å². The quantitative estimate of drug-likeness (QED) is 0.552. The lowest BCUT2D eigenvalue weighted by Crippen LogP contribution is -2.31. The monoisotopic (exact) mass is 469 g/mol. The highest BCUT2D eigenvalue weighted by molar-refractivity contribution is 7.89. The van der Waals surface area contributed by atoms with Crippen molar-refractivity contribution in [3.8, 4) is 0 Å². The van der Waals surface area contributed by atoms with Gasteiger partial charge in [-0.25, -0.2) is 17.7 Å². The maximum Gasteiger partial charge on any atom is 0.265 e. The van der Waals surface area contributed by atoms with Crippen molar-refractivity contribution >= 4 is 21.6 Å². The predicted molar refractivity (Wildman–Crippen MR) is 123 cm³/mol. The van der Waals surface area contributed by atoms with Gasteiger partial charge in [-0.05, 0) is 38.5 Å². The van der Waals surface area contributed by atoms with Crippen LogP contribution in [0.15, 0.2) is 57.1 Å². The van der Waals surface area contributed by atoms with Crippen LogP contribution in [0.2, 0.25) is 0 Å². The summed E-state index contributed by atoms with van der Waals surface area (Å²) in [6.45, 7) is 5.15. The van der Waals surface area contributed by atoms with Crippen LogP contribution >= 0.6 is 0 Å². The molecule has 33 heavy (non-hydrogen) atoms. The zero-order valence-corrected chi connectivity index (χ0v) is 20.1. The third kappa shape index (κ3) is 4.23. The van der Waals surface area contributed by atoms with Crippen LogP contribution in [0.5, 0.6) is 0 Å². The lowest BCUT2D eigenvalue weighted by atomic mass is 10.0. The number of hydrazone groups is 1. The average Bonchev–Trinajstić information content (AvgIpc) is 3.48. The van der Waals surface area contributed by atoms with Crippen LogP contribution in [0.4, 0.5) is 0 Å². The van der Waals surface area contributed by atoms with Gasteiger partial charge in [-0.2, -0.15) is 10.2 Å². The molecule has 0 fully saturated rings. The third-order valence-electron chi connectivity index (χ3n) is 5.76. The van der Waals surface area contributed by atoms with Gasteiger partial charge in [0, 0.05) is 20.5 Å². The number of carbonyl (C=O) groups is 1. The van der Waals surface area contributed by atoms with Gasteiger partial charge in [-0.15, -0.1) is 0 Å². The number of amides is 1. The van der Waals surface area contributed by atoms with Gasteiger partial charge in [0.25, 0.3) is 5.91 Å². The molecule has 0 bridgehead atoms. The third-order valence-corrected chi connectivity index (χ3v) is 7.83. The van der Waals surface area contributed by atoms with E-state index in [1.807, 2.05) is 37.3 Å². The van der Waals surface area contributed by atoms with Gasteiger partial charge >= 0.3 is 0 Å². The lowest BCUT2D eigenvalue weighted by Gasteiger charge is -2.20. The largest absolute Gasteiger partial charge is 0.467 e. The average molecular weight is 470 g/mol. The standard InChI is InChI=1S/C23H27N5O4S/c1-15-8-10-18(11-9-15)19-13-20(21-7-6-12-32-21)28(25-19)22(29)14-27-17(3)23(16(2)24-27)33(30,31)26(4)5/h6-12,20H,13-14H2,1-5H3/t20-/m0/s1. The molecule has 1 aromatic carbocycles. The minimum atomic E-state index is -3.68. The van der Waals surface area contributed by atoms with Crippen molar-refractivity contribution in [2.24, 2.45) is 5.10 Å². The Hall–Kier alpha value is -3.24. The lowest BCUT2D eigenvalue weighted by molar-refractivity contribution is -0.134. The topological polar surface area (TPSA) is 101 Å². The number of sulfonamides is 1. The van der Waals surface area contributed by atoms with E-state index < -0.39 is 10.0 Å². The van der Waals surface area contributed by atoms with Crippen molar-refractivity contribution in [3.63, 3.8) is 0 Å². The number of hydrogen-bond acceptors (Lipinski definition) is 6. The molecule has 1 aliphatic rings. The summed E-state index contributed by atoms with van der Waals surface area (Å²) >= 11 is 0. The van der Waals surface area contributed by atoms with Crippen LogP contribution in [0, 0.1) is 20.8 Å². The van der Waals surface area contributed by atoms with Crippen molar-refractivity contribution in [2.75, 3.05) is 14.1 Å². The van der Waals surface area contributed by atoms with E-state index in [2.05, 4.69) is 10.2 Å². The van der Waals surface area contributed by atoms with Crippen LogP contribution < -0.4 is 0 Å². The minimum Gasteiger partial charge on any atom is -0.467 e. The zero-order chi connectivity index (χ0) is 23.9. The molecule has 4 rings (SSSR count). The summed E-state index contributed by atoms with van der Waals surface area (Å²) < 4.78 is 33.6. The maximum absolute atomic E-state index is 13.4. The fourth-order valence-corrected chi connectivity index (χ4v) is 5.21. The van der Waals surface area contributed by atoms with E-state index in [0.717, 1.165) is 21.1 Å². The fourth-order valence-electron chi connectivity index (χ4n) is 3.95. The highest BCUT2D eigenvalue weighted by atomic mass is 32.2. The van der Waals surface area contributed by atoms with Gasteiger partial charge in [0.1, 0.15) is 23.2 Å². The molecule has 10 heteroatoms. The van der Waals surface area contributed by atoms with E-state index >= 15 is 0 Å². The van der Waals surface area contributed by atoms with E-state index in [0.29, 0.717) is 23.6 Å². The molecule has 0 N–H and O–H groups in total. The molecule has 174 valence electrons. The summed E-state index contributed by atoms with van der Waals surface area (Å²) in [6.07, 6.45) is 2.08. The molecule has 1 amide bonds. The predicted octanol–water partition coefficient (Wildman–Crippen LogP) is 3.03. The molecule has 9 nitrogen and oxygen atoms in total. The summed E-state index contributed by atoms with van der Waals surface area (Å²) in [5.74, 6) is 0.330. The van der Waals surface area contributed by atoms with Crippen LogP contribution in [-0.2, 0) is 21.4 Å². The molecule has 0 saturated heterocycles. The number of hydrogen-bond donors (Lipinski definition) is 0. The van der Waals surface area contributed by atoms with E-state index in [4.69, 9.17) is 4.42 Å². The Bertz CT molecular complexity index is 1310. The Morgan fingerprint density at radius 3 is 2.45 bits per heavy atom. The summed E-state index contributed by atoms with van der Waals surface area (Å²) in [4.78, 5) is 13.5. The smallest absolute Gasteiger partial charge is 0.265 e. The number of rotatable bonds is 6. The van der Waals surface area contributed by atoms with Gasteiger partial charge in [-0.1, -0.05) is 29.8 Å². The number of benzene rings is 1. The molecule has 2 aromatic heterocycles. The molecule has 3 heterocycles. The number of nitrogens with zero attached hydrogens (tertiary/aromatic N) is 5. The highest BCUT2D eigenvalue weighted by Crippen LogP contribution is 2.33. The van der Waals surface area contributed by atoms with Crippen LogP contribution in [0.3, 0.4) is 0 Å². The summed E-state index contributed by atoms with van der Waals surface area (Å²) in [5.41, 5.74) is 3.63. The van der Waals surface area contributed by atoms with Crippen LogP contribution in [-0.4, -0.2) is 53.2 Å². The van der Waals surface area contributed by atoms with Crippen LogP contribution in [0.25, 0.3) is 0 Å². The van der Waals surface area contributed by atoms with Gasteiger partial charge < -0.3 is 4.42 Å². The Morgan fingerprint density at radius 1 is 1.15 bits per heavy atom. The fraction of sp³-hybridized carbons (Fsp3) is 0.348. The van der Waals surface area contributed by atoms with Crippen molar-refractivity contribution < 1.29 is 17.6 Å². The van der Waals surface area contributed by atoms with Gasteiger partial charge in [0.15, 0.2) is 0 Å². The van der Waals surface area contributed by atoms with E-state index in [-0.39, 0.29) is 23.4 Å². The minimum absolute atomic E-state index is 0.119. The van der Waals surface area contributed by atoms with E-state index in [1.165, 1.54) is 23.8 Å². The Balaban J connectivity index is 1.66. The molecule has 0 unspecified atom stereocenters. The maximum atomic E-state index is 13.4. The first kappa shape index (κ1) is 22.9. The number of furan rings is 1. The zero-order valence-electron chi connectivity index (χ0n) is 19.3. The molecule has 1 aliphatic heterocycles. The van der Waals surface area contributed by atoms with Crippen molar-refractivity contribution in [3.05, 3.63) is 70.9 Å². The molecule has 1 atom stereocenters. The second kappa shape index (κ2) is 8.60. The number of aryl methyl sites for hydroxylation is 2. The van der Waals surface area contributed by atoms with Gasteiger partial charge in [0.2, 0.25) is 10.0 Å². The molecule has 0 radical (unpaired) electrons. The number of carbonyl (C=O) groups excluding carboxylic acids is 1. The van der Waals surface area contributed by atoms with Crippen molar-refractivity contribution in [1.82, 2.24) is 19.1 Å². The highest BCUT2D eigenvalue weighted by Gasteiger charge is 2.36. The molecule has 3 aromatic rings. The molecule has 0 aliphatic carbocycles. The molecule has 0 saturated carbocycles. The first-order chi connectivity index (χ1) is 15.6. The summed E-state index contributed by atoms with van der Waals surface area (Å²) in [5, 5.41) is 10.4. The summed E-state index contributed by atoms with van der Waals surface area (Å²) in [6, 6.07) is 11.2. The second-order valence-corrected chi connectivity index (χ2v) is 10.4. The first-order valence-electron chi connectivity index (χ1n) is 10.6. The first-order valence-corrected chi connectivity index (χ1v) is 12.0. The molecule has 0 spiro atoms. The molecular formula is C23H27N5O4S. The molecular weight excluding hydrogens is 442 g/mol. The van der Waals surface area contributed by atoms with Crippen molar-refractivity contribution in [2.45, 2.75) is 44.7 Å². The second-order valence-electron chi connectivity index (χ2n) is 8.33. The Morgan fingerprint density at radius 2 is 1.85 bits per heavy atom. The normalized spacial score (nSPS) is 16.5.